The van der Waals surface area contributed by atoms with Crippen LogP contribution in [0.25, 0.3) is 0 Å². The Morgan fingerprint density at radius 3 is 2.46 bits per heavy atom. The van der Waals surface area contributed by atoms with Crippen LogP contribution in [0.3, 0.4) is 0 Å². The first-order valence-corrected chi connectivity index (χ1v) is 3.94. The molecule has 1 rings (SSSR count). The average molecular weight is 179 g/mol. The van der Waals surface area contributed by atoms with Gasteiger partial charge in [-0.25, -0.2) is 0 Å². The van der Waals surface area contributed by atoms with E-state index in [1.165, 1.54) is 6.92 Å². The molecule has 0 aromatic heterocycles. The third kappa shape index (κ3) is 1.90. The molecule has 0 spiro atoms. The molecule has 0 unspecified atom stereocenters. The lowest BCUT2D eigenvalue weighted by Gasteiger charge is -2.10. The number of hydrogen-bond donors (Lipinski definition) is 3. The Labute approximate surface area is 76.9 Å². The Kier molecular flexibility index (Phi) is 2.41. The summed E-state index contributed by atoms with van der Waals surface area (Å²) in [7, 11) is 0. The Morgan fingerprint density at radius 1 is 1.31 bits per heavy atom. The first-order valence-electron chi connectivity index (χ1n) is 3.94. The number of hydrogen-bond acceptors (Lipinski definition) is 3. The zero-order chi connectivity index (χ0) is 10.0. The van der Waals surface area contributed by atoms with Crippen LogP contribution in [0, 0.1) is 6.92 Å². The van der Waals surface area contributed by atoms with E-state index in [0.717, 1.165) is 5.56 Å². The monoisotopic (exact) mass is 179 g/mol. The summed E-state index contributed by atoms with van der Waals surface area (Å²) >= 11 is 0. The molecular weight excluding hydrogens is 166 g/mol. The van der Waals surface area contributed by atoms with Gasteiger partial charge in [0.15, 0.2) is 0 Å². The van der Waals surface area contributed by atoms with Crippen molar-refractivity contribution in [2.45, 2.75) is 13.8 Å². The predicted octanol–water partition coefficient (Wildman–Crippen LogP) is 1.12. The summed E-state index contributed by atoms with van der Waals surface area (Å²) in [4.78, 5) is 10.8. The molecule has 13 heavy (non-hydrogen) atoms. The Morgan fingerprint density at radius 2 is 1.92 bits per heavy atom. The van der Waals surface area contributed by atoms with E-state index in [2.05, 4.69) is 5.32 Å². The van der Waals surface area contributed by atoms with Crippen LogP contribution in [0.1, 0.15) is 12.5 Å². The minimum Gasteiger partial charge on any atom is -0.397 e. The number of aryl methyl sites for hydroxylation is 1. The molecule has 1 aromatic rings. The molecule has 0 aliphatic heterocycles. The fraction of sp³-hybridized carbons (Fsp3) is 0.222. The SMILES string of the molecule is CC(=O)Nc1ccc(C)c(N)c1N. The second kappa shape index (κ2) is 3.35. The Bertz CT molecular complexity index is 347. The molecule has 0 fully saturated rings. The van der Waals surface area contributed by atoms with Crippen molar-refractivity contribution in [3.8, 4) is 0 Å². The lowest BCUT2D eigenvalue weighted by molar-refractivity contribution is -0.114. The highest BCUT2D eigenvalue weighted by Gasteiger charge is 2.05. The van der Waals surface area contributed by atoms with Crippen molar-refractivity contribution in [1.82, 2.24) is 0 Å². The van der Waals surface area contributed by atoms with Gasteiger partial charge in [0.25, 0.3) is 0 Å². The van der Waals surface area contributed by atoms with Crippen molar-refractivity contribution in [3.05, 3.63) is 17.7 Å². The second-order valence-corrected chi connectivity index (χ2v) is 2.94. The standard InChI is InChI=1S/C9H13N3O/c1-5-3-4-7(12-6(2)13)9(11)8(5)10/h3-4H,10-11H2,1-2H3,(H,12,13). The van der Waals surface area contributed by atoms with Crippen LogP contribution in [-0.2, 0) is 4.79 Å². The van der Waals surface area contributed by atoms with Crippen LogP contribution in [0.2, 0.25) is 0 Å². The van der Waals surface area contributed by atoms with E-state index in [9.17, 15) is 4.79 Å². The van der Waals surface area contributed by atoms with Crippen molar-refractivity contribution < 1.29 is 4.79 Å². The van der Waals surface area contributed by atoms with Crippen molar-refractivity contribution in [3.63, 3.8) is 0 Å². The van der Waals surface area contributed by atoms with Gasteiger partial charge in [0.1, 0.15) is 0 Å². The van der Waals surface area contributed by atoms with Crippen molar-refractivity contribution in [2.24, 2.45) is 0 Å². The largest absolute Gasteiger partial charge is 0.397 e. The number of nitrogens with two attached hydrogens (primary N) is 2. The molecule has 0 atom stereocenters. The third-order valence-corrected chi connectivity index (χ3v) is 1.82. The van der Waals surface area contributed by atoms with Crippen LogP contribution in [0.15, 0.2) is 12.1 Å². The fourth-order valence-electron chi connectivity index (χ4n) is 1.04. The van der Waals surface area contributed by atoms with E-state index in [1.807, 2.05) is 13.0 Å². The molecule has 0 aliphatic carbocycles. The van der Waals surface area contributed by atoms with Gasteiger partial charge in [-0.05, 0) is 18.6 Å². The molecular formula is C9H13N3O. The maximum absolute atomic E-state index is 10.8. The van der Waals surface area contributed by atoms with E-state index < -0.39 is 0 Å². The summed E-state index contributed by atoms with van der Waals surface area (Å²) in [6.07, 6.45) is 0. The number of carbonyl (C=O) groups is 1. The number of nitrogens with one attached hydrogen (secondary N) is 1. The molecule has 1 aromatic carbocycles. The topological polar surface area (TPSA) is 81.1 Å². The van der Waals surface area contributed by atoms with E-state index >= 15 is 0 Å². The van der Waals surface area contributed by atoms with Gasteiger partial charge in [-0.2, -0.15) is 0 Å². The highest BCUT2D eigenvalue weighted by atomic mass is 16.1. The minimum absolute atomic E-state index is 0.157. The Hall–Kier alpha value is -1.71. The quantitative estimate of drug-likeness (QED) is 0.565. The van der Waals surface area contributed by atoms with Gasteiger partial charge in [0.05, 0.1) is 17.1 Å². The third-order valence-electron chi connectivity index (χ3n) is 1.82. The molecule has 0 aliphatic rings. The first kappa shape index (κ1) is 9.38. The normalized spacial score (nSPS) is 9.69. The van der Waals surface area contributed by atoms with Crippen LogP contribution < -0.4 is 16.8 Å². The number of anilines is 3. The molecule has 0 saturated carbocycles. The molecule has 4 heteroatoms. The Balaban J connectivity index is 3.10. The van der Waals surface area contributed by atoms with Gasteiger partial charge >= 0.3 is 0 Å². The molecule has 0 saturated heterocycles. The van der Waals surface area contributed by atoms with Crippen molar-refractivity contribution in [1.29, 1.82) is 0 Å². The molecule has 1 amide bonds. The maximum Gasteiger partial charge on any atom is 0.221 e. The van der Waals surface area contributed by atoms with Gasteiger partial charge in [-0.15, -0.1) is 0 Å². The van der Waals surface area contributed by atoms with Crippen molar-refractivity contribution in [2.75, 3.05) is 16.8 Å². The van der Waals surface area contributed by atoms with Gasteiger partial charge in [-0.1, -0.05) is 6.07 Å². The van der Waals surface area contributed by atoms with Crippen molar-refractivity contribution >= 4 is 23.0 Å². The number of nitrogen functional groups attached to an aromatic ring is 2. The smallest absolute Gasteiger partial charge is 0.221 e. The average Bonchev–Trinajstić information content (AvgIpc) is 2.06. The molecule has 0 bridgehead atoms. The van der Waals surface area contributed by atoms with E-state index in [1.54, 1.807) is 6.07 Å². The van der Waals surface area contributed by atoms with E-state index in [0.29, 0.717) is 17.1 Å². The van der Waals surface area contributed by atoms with E-state index in [-0.39, 0.29) is 5.91 Å². The molecule has 5 N–H and O–H groups in total. The summed E-state index contributed by atoms with van der Waals surface area (Å²) in [5.41, 5.74) is 13.8. The van der Waals surface area contributed by atoms with Crippen LogP contribution >= 0.6 is 0 Å². The van der Waals surface area contributed by atoms with Gasteiger partial charge in [-0.3, -0.25) is 4.79 Å². The molecule has 0 heterocycles. The highest BCUT2D eigenvalue weighted by molar-refractivity contribution is 5.95. The molecule has 70 valence electrons. The summed E-state index contributed by atoms with van der Waals surface area (Å²) < 4.78 is 0. The van der Waals surface area contributed by atoms with Crippen LogP contribution in [-0.4, -0.2) is 5.91 Å². The highest BCUT2D eigenvalue weighted by Crippen LogP contribution is 2.27. The van der Waals surface area contributed by atoms with Crippen LogP contribution in [0.5, 0.6) is 0 Å². The molecule has 4 nitrogen and oxygen atoms in total. The number of benzene rings is 1. The lowest BCUT2D eigenvalue weighted by Crippen LogP contribution is -2.09. The molecule has 0 radical (unpaired) electrons. The second-order valence-electron chi connectivity index (χ2n) is 2.94. The lowest BCUT2D eigenvalue weighted by atomic mass is 10.1. The maximum atomic E-state index is 10.8. The van der Waals surface area contributed by atoms with Gasteiger partial charge in [0, 0.05) is 6.92 Å². The predicted molar refractivity (Wildman–Crippen MR) is 54.3 cm³/mol. The minimum atomic E-state index is -0.157. The summed E-state index contributed by atoms with van der Waals surface area (Å²) in [5, 5.41) is 2.60. The van der Waals surface area contributed by atoms with Gasteiger partial charge in [0.2, 0.25) is 5.91 Å². The zero-order valence-electron chi connectivity index (χ0n) is 7.72. The summed E-state index contributed by atoms with van der Waals surface area (Å²) in [6, 6.07) is 3.55. The number of carbonyl (C=O) groups excluding carboxylic acids is 1. The number of amides is 1. The zero-order valence-corrected chi connectivity index (χ0v) is 7.72. The van der Waals surface area contributed by atoms with Gasteiger partial charge < -0.3 is 16.8 Å². The summed E-state index contributed by atoms with van der Waals surface area (Å²) in [5.74, 6) is -0.157. The fourth-order valence-corrected chi connectivity index (χ4v) is 1.04. The summed E-state index contributed by atoms with van der Waals surface area (Å²) in [6.45, 7) is 3.29. The van der Waals surface area contributed by atoms with Crippen LogP contribution in [0.4, 0.5) is 17.1 Å². The first-order chi connectivity index (χ1) is 6.02. The van der Waals surface area contributed by atoms with E-state index in [4.69, 9.17) is 11.5 Å². The number of rotatable bonds is 1.